The van der Waals surface area contributed by atoms with Crippen LogP contribution in [0.25, 0.3) is 0 Å². The lowest BCUT2D eigenvalue weighted by atomic mass is 10.1. The molecular weight excluding hydrogens is 364 g/mol. The molecule has 142 valence electrons. The van der Waals surface area contributed by atoms with E-state index < -0.39 is 0 Å². The SMILES string of the molecule is CCCN(Cc1ccc(C)cc1)C(=O)CSc1nnc(NC(C)(C)C)s1. The molecule has 0 aliphatic rings. The van der Waals surface area contributed by atoms with Gasteiger partial charge in [-0.25, -0.2) is 0 Å². The van der Waals surface area contributed by atoms with Crippen LogP contribution in [0.2, 0.25) is 0 Å². The maximum atomic E-state index is 12.7. The molecule has 1 heterocycles. The van der Waals surface area contributed by atoms with Gasteiger partial charge in [-0.05, 0) is 39.7 Å². The van der Waals surface area contributed by atoms with E-state index in [4.69, 9.17) is 0 Å². The van der Waals surface area contributed by atoms with E-state index in [2.05, 4.69) is 74.4 Å². The smallest absolute Gasteiger partial charge is 0.233 e. The van der Waals surface area contributed by atoms with Crippen molar-refractivity contribution in [1.29, 1.82) is 0 Å². The van der Waals surface area contributed by atoms with E-state index in [1.807, 2.05) is 4.90 Å². The van der Waals surface area contributed by atoms with E-state index in [1.165, 1.54) is 28.7 Å². The normalized spacial score (nSPS) is 11.4. The number of nitrogens with zero attached hydrogens (tertiary/aromatic N) is 3. The van der Waals surface area contributed by atoms with Crippen molar-refractivity contribution in [3.8, 4) is 0 Å². The number of rotatable bonds is 8. The number of hydrogen-bond acceptors (Lipinski definition) is 6. The van der Waals surface area contributed by atoms with Crippen molar-refractivity contribution in [2.24, 2.45) is 0 Å². The number of anilines is 1. The van der Waals surface area contributed by atoms with Crippen molar-refractivity contribution in [1.82, 2.24) is 15.1 Å². The number of carbonyl (C=O) groups excluding carboxylic acids is 1. The van der Waals surface area contributed by atoms with E-state index >= 15 is 0 Å². The second kappa shape index (κ2) is 9.37. The predicted molar refractivity (Wildman–Crippen MR) is 111 cm³/mol. The van der Waals surface area contributed by atoms with Gasteiger partial charge in [0.25, 0.3) is 0 Å². The molecule has 0 saturated heterocycles. The van der Waals surface area contributed by atoms with Gasteiger partial charge in [0.05, 0.1) is 5.75 Å². The first-order valence-corrected chi connectivity index (χ1v) is 10.6. The highest BCUT2D eigenvalue weighted by molar-refractivity contribution is 8.01. The Bertz CT molecular complexity index is 707. The van der Waals surface area contributed by atoms with Crippen molar-refractivity contribution in [3.63, 3.8) is 0 Å². The Morgan fingerprint density at radius 1 is 1.23 bits per heavy atom. The summed E-state index contributed by atoms with van der Waals surface area (Å²) in [7, 11) is 0. The highest BCUT2D eigenvalue weighted by Crippen LogP contribution is 2.27. The van der Waals surface area contributed by atoms with Crippen LogP contribution >= 0.6 is 23.1 Å². The van der Waals surface area contributed by atoms with Crippen LogP contribution in [-0.2, 0) is 11.3 Å². The second-order valence-electron chi connectivity index (χ2n) is 7.34. The third-order valence-corrected chi connectivity index (χ3v) is 5.50. The molecule has 0 bridgehead atoms. The standard InChI is InChI=1S/C19H28N4OS2/c1-6-11-23(12-15-9-7-14(2)8-10-15)16(24)13-25-18-22-21-17(26-18)20-19(3,4)5/h7-10H,6,11-13H2,1-5H3,(H,20,21). The Balaban J connectivity index is 1.91. The summed E-state index contributed by atoms with van der Waals surface area (Å²) in [5, 5.41) is 12.4. The second-order valence-corrected chi connectivity index (χ2v) is 9.54. The molecule has 2 aromatic rings. The summed E-state index contributed by atoms with van der Waals surface area (Å²) >= 11 is 2.95. The van der Waals surface area contributed by atoms with E-state index in [9.17, 15) is 4.79 Å². The highest BCUT2D eigenvalue weighted by atomic mass is 32.2. The van der Waals surface area contributed by atoms with Crippen molar-refractivity contribution >= 4 is 34.1 Å². The summed E-state index contributed by atoms with van der Waals surface area (Å²) in [6.07, 6.45) is 0.945. The monoisotopic (exact) mass is 392 g/mol. The number of thioether (sulfide) groups is 1. The zero-order chi connectivity index (χ0) is 19.2. The Kier molecular flexibility index (Phi) is 7.46. The Labute approximate surface area is 164 Å². The molecule has 7 heteroatoms. The fraction of sp³-hybridized carbons (Fsp3) is 0.526. The molecule has 0 atom stereocenters. The molecule has 0 aliphatic carbocycles. The summed E-state index contributed by atoms with van der Waals surface area (Å²) in [4.78, 5) is 14.6. The molecule has 5 nitrogen and oxygen atoms in total. The van der Waals surface area contributed by atoms with Crippen molar-refractivity contribution in [2.75, 3.05) is 17.6 Å². The highest BCUT2D eigenvalue weighted by Gasteiger charge is 2.17. The van der Waals surface area contributed by atoms with Crippen LogP contribution in [-0.4, -0.2) is 38.8 Å². The topological polar surface area (TPSA) is 58.1 Å². The summed E-state index contributed by atoms with van der Waals surface area (Å²) < 4.78 is 0.817. The molecule has 0 fully saturated rings. The molecule has 1 aromatic heterocycles. The predicted octanol–water partition coefficient (Wildman–Crippen LogP) is 4.59. The number of aromatic nitrogens is 2. The molecule has 1 aromatic carbocycles. The largest absolute Gasteiger partial charge is 0.355 e. The van der Waals surface area contributed by atoms with Crippen LogP contribution < -0.4 is 5.32 Å². The number of hydrogen-bond donors (Lipinski definition) is 1. The van der Waals surface area contributed by atoms with Gasteiger partial charge in [0, 0.05) is 18.6 Å². The van der Waals surface area contributed by atoms with Crippen molar-refractivity contribution < 1.29 is 4.79 Å². The summed E-state index contributed by atoms with van der Waals surface area (Å²) in [6, 6.07) is 8.36. The van der Waals surface area contributed by atoms with Crippen LogP contribution in [0, 0.1) is 6.92 Å². The Morgan fingerprint density at radius 2 is 1.92 bits per heavy atom. The first kappa shape index (κ1) is 20.7. The first-order valence-electron chi connectivity index (χ1n) is 8.84. The molecule has 1 amide bonds. The third-order valence-electron chi connectivity index (χ3n) is 3.55. The van der Waals surface area contributed by atoms with Gasteiger partial charge in [0.15, 0.2) is 4.34 Å². The van der Waals surface area contributed by atoms with Gasteiger partial charge in [-0.1, -0.05) is 59.9 Å². The van der Waals surface area contributed by atoms with Crippen LogP contribution in [0.15, 0.2) is 28.6 Å². The van der Waals surface area contributed by atoms with Gasteiger partial charge in [-0.3, -0.25) is 4.79 Å². The van der Waals surface area contributed by atoms with Gasteiger partial charge in [-0.15, -0.1) is 10.2 Å². The average Bonchev–Trinajstić information content (AvgIpc) is 2.99. The van der Waals surface area contributed by atoms with Crippen molar-refractivity contribution in [3.05, 3.63) is 35.4 Å². The minimum atomic E-state index is -0.0523. The number of benzene rings is 1. The van der Waals surface area contributed by atoms with E-state index in [0.29, 0.717) is 12.3 Å². The first-order chi connectivity index (χ1) is 12.3. The molecule has 0 radical (unpaired) electrons. The van der Waals surface area contributed by atoms with Gasteiger partial charge in [0.2, 0.25) is 11.0 Å². The number of aryl methyl sites for hydroxylation is 1. The maximum Gasteiger partial charge on any atom is 0.233 e. The summed E-state index contributed by atoms with van der Waals surface area (Å²) in [6.45, 7) is 11.8. The minimum absolute atomic E-state index is 0.0523. The molecule has 0 aliphatic heterocycles. The number of amides is 1. The number of nitrogens with one attached hydrogen (secondary N) is 1. The summed E-state index contributed by atoms with van der Waals surface area (Å²) in [5.41, 5.74) is 2.34. The lowest BCUT2D eigenvalue weighted by Crippen LogP contribution is -2.32. The quantitative estimate of drug-likeness (QED) is 0.666. The van der Waals surface area contributed by atoms with E-state index in [-0.39, 0.29) is 11.4 Å². The molecule has 0 saturated carbocycles. The fourth-order valence-electron chi connectivity index (χ4n) is 2.33. The van der Waals surface area contributed by atoms with Crippen LogP contribution in [0.3, 0.4) is 0 Å². The molecule has 1 N–H and O–H groups in total. The fourth-order valence-corrected chi connectivity index (χ4v) is 4.19. The van der Waals surface area contributed by atoms with Crippen LogP contribution in [0.1, 0.15) is 45.2 Å². The Hall–Kier alpha value is -1.60. The lowest BCUT2D eigenvalue weighted by molar-refractivity contribution is -0.129. The minimum Gasteiger partial charge on any atom is -0.355 e. The Morgan fingerprint density at radius 3 is 2.54 bits per heavy atom. The molecule has 26 heavy (non-hydrogen) atoms. The third kappa shape index (κ3) is 6.96. The number of carbonyl (C=O) groups is 1. The molecule has 0 unspecified atom stereocenters. The molecular formula is C19H28N4OS2. The van der Waals surface area contributed by atoms with Crippen molar-refractivity contribution in [2.45, 2.75) is 57.5 Å². The van der Waals surface area contributed by atoms with E-state index in [1.54, 1.807) is 0 Å². The van der Waals surface area contributed by atoms with Gasteiger partial charge in [-0.2, -0.15) is 0 Å². The lowest BCUT2D eigenvalue weighted by Gasteiger charge is -2.22. The zero-order valence-corrected chi connectivity index (χ0v) is 17.8. The van der Waals surface area contributed by atoms with Gasteiger partial charge in [0.1, 0.15) is 0 Å². The maximum absolute atomic E-state index is 12.7. The summed E-state index contributed by atoms with van der Waals surface area (Å²) in [5.74, 6) is 0.522. The van der Waals surface area contributed by atoms with Crippen LogP contribution in [0.5, 0.6) is 0 Å². The van der Waals surface area contributed by atoms with Gasteiger partial charge >= 0.3 is 0 Å². The van der Waals surface area contributed by atoms with Gasteiger partial charge < -0.3 is 10.2 Å². The van der Waals surface area contributed by atoms with E-state index in [0.717, 1.165) is 28.0 Å². The average molecular weight is 393 g/mol. The molecule has 0 spiro atoms. The van der Waals surface area contributed by atoms with Crippen LogP contribution in [0.4, 0.5) is 5.13 Å². The zero-order valence-electron chi connectivity index (χ0n) is 16.2. The molecule has 2 rings (SSSR count).